The molecule has 0 aromatic carbocycles. The molecule has 0 amide bonds. The van der Waals surface area contributed by atoms with E-state index in [1.807, 2.05) is 11.8 Å². The Hall–Kier alpha value is -1.23. The van der Waals surface area contributed by atoms with E-state index in [0.717, 1.165) is 25.0 Å². The van der Waals surface area contributed by atoms with E-state index in [2.05, 4.69) is 6.92 Å². The van der Waals surface area contributed by atoms with Crippen molar-refractivity contribution in [3.63, 3.8) is 0 Å². The van der Waals surface area contributed by atoms with Crippen LogP contribution in [0.5, 0.6) is 0 Å². The highest BCUT2D eigenvalue weighted by Gasteiger charge is 2.31. The Morgan fingerprint density at radius 1 is 1.45 bits per heavy atom. The van der Waals surface area contributed by atoms with Crippen LogP contribution >= 0.6 is 11.8 Å². The summed E-state index contributed by atoms with van der Waals surface area (Å²) in [5, 5.41) is 9.77. The predicted molar refractivity (Wildman–Crippen MR) is 81.9 cm³/mol. The van der Waals surface area contributed by atoms with Gasteiger partial charge in [0.1, 0.15) is 0 Å². The van der Waals surface area contributed by atoms with Crippen molar-refractivity contribution in [1.82, 2.24) is 4.57 Å². The van der Waals surface area contributed by atoms with E-state index in [1.54, 1.807) is 18.4 Å². The van der Waals surface area contributed by atoms with Gasteiger partial charge in [-0.25, -0.2) is 4.79 Å². The summed E-state index contributed by atoms with van der Waals surface area (Å²) in [6, 6.07) is 1.59. The number of rotatable bonds is 4. The minimum absolute atomic E-state index is 0.0707. The van der Waals surface area contributed by atoms with E-state index in [4.69, 9.17) is 0 Å². The van der Waals surface area contributed by atoms with Crippen LogP contribution in [0, 0.1) is 13.8 Å². The van der Waals surface area contributed by atoms with E-state index in [-0.39, 0.29) is 17.2 Å². The Morgan fingerprint density at radius 3 is 2.75 bits per heavy atom. The lowest BCUT2D eigenvalue weighted by Gasteiger charge is -2.25. The number of aryl methyl sites for hydroxylation is 1. The fourth-order valence-corrected chi connectivity index (χ4v) is 4.49. The summed E-state index contributed by atoms with van der Waals surface area (Å²) in [5.41, 5.74) is 1.35. The van der Waals surface area contributed by atoms with Gasteiger partial charge in [-0.1, -0.05) is 13.3 Å². The summed E-state index contributed by atoms with van der Waals surface area (Å²) in [5.74, 6) is 0.0681. The molecule has 0 radical (unpaired) electrons. The first kappa shape index (κ1) is 15.2. The summed E-state index contributed by atoms with van der Waals surface area (Å²) in [4.78, 5) is 23.7. The first-order valence-electron chi connectivity index (χ1n) is 7.05. The van der Waals surface area contributed by atoms with Crippen LogP contribution in [0.15, 0.2) is 10.9 Å². The molecule has 1 N–H and O–H groups in total. The van der Waals surface area contributed by atoms with Crippen LogP contribution < -0.4 is 5.56 Å². The van der Waals surface area contributed by atoms with Crippen LogP contribution in [-0.2, 0) is 0 Å². The monoisotopic (exact) mass is 295 g/mol. The molecule has 5 heteroatoms. The van der Waals surface area contributed by atoms with E-state index >= 15 is 0 Å². The number of hydrogen-bond donors (Lipinski definition) is 1. The van der Waals surface area contributed by atoms with Crippen LogP contribution in [0.3, 0.4) is 0 Å². The second kappa shape index (κ2) is 6.04. The molecule has 2 unspecified atom stereocenters. The van der Waals surface area contributed by atoms with Crippen LogP contribution in [0.4, 0.5) is 0 Å². The molecule has 1 heterocycles. The largest absolute Gasteiger partial charge is 0.478 e. The average molecular weight is 295 g/mol. The van der Waals surface area contributed by atoms with Gasteiger partial charge in [-0.15, -0.1) is 0 Å². The number of carbonyl (C=O) groups is 1. The van der Waals surface area contributed by atoms with Gasteiger partial charge in [-0.2, -0.15) is 11.8 Å². The van der Waals surface area contributed by atoms with Crippen molar-refractivity contribution in [2.45, 2.75) is 51.3 Å². The molecule has 1 aromatic rings. The lowest BCUT2D eigenvalue weighted by molar-refractivity contribution is 0.0694. The van der Waals surface area contributed by atoms with Gasteiger partial charge in [-0.05, 0) is 38.0 Å². The van der Waals surface area contributed by atoms with Gasteiger partial charge in [0.25, 0.3) is 5.56 Å². The number of nitrogens with zero attached hydrogens (tertiary/aromatic N) is 1. The maximum atomic E-state index is 12.3. The minimum atomic E-state index is -0.952. The lowest BCUT2D eigenvalue weighted by atomic mass is 10.1. The summed E-state index contributed by atoms with van der Waals surface area (Å²) >= 11 is 1.87. The topological polar surface area (TPSA) is 59.3 Å². The van der Waals surface area contributed by atoms with Crippen LogP contribution in [0.2, 0.25) is 0 Å². The van der Waals surface area contributed by atoms with Gasteiger partial charge in [0.2, 0.25) is 0 Å². The third kappa shape index (κ3) is 2.64. The lowest BCUT2D eigenvalue weighted by Crippen LogP contribution is -2.32. The van der Waals surface area contributed by atoms with Crippen LogP contribution in [0.1, 0.15) is 53.8 Å². The van der Waals surface area contributed by atoms with Gasteiger partial charge in [0.15, 0.2) is 0 Å². The van der Waals surface area contributed by atoms with Crippen molar-refractivity contribution in [2.75, 3.05) is 5.75 Å². The number of pyridine rings is 1. The van der Waals surface area contributed by atoms with Crippen molar-refractivity contribution in [1.29, 1.82) is 0 Å². The third-order valence-electron chi connectivity index (χ3n) is 4.04. The fraction of sp³-hybridized carbons (Fsp3) is 0.600. The fourth-order valence-electron chi connectivity index (χ4n) is 3.24. The molecule has 2 rings (SSSR count). The van der Waals surface area contributed by atoms with Crippen LogP contribution in [0.25, 0.3) is 0 Å². The highest BCUT2D eigenvalue weighted by Crippen LogP contribution is 2.38. The standard InChI is InChI=1S/C15H21NO3S/c1-4-20-12-7-5-6-11(12)16-10(3)14(15(18)19)9(2)8-13(16)17/h8,11-12H,4-7H2,1-3H3,(H,18,19). The molecule has 2 atom stereocenters. The van der Waals surface area contributed by atoms with Gasteiger partial charge in [0.05, 0.1) is 5.56 Å². The molecule has 0 saturated heterocycles. The number of carboxylic acid groups (broad SMARTS) is 1. The van der Waals surface area contributed by atoms with Crippen LogP contribution in [-0.4, -0.2) is 26.6 Å². The Bertz CT molecular complexity index is 579. The molecule has 1 fully saturated rings. The maximum absolute atomic E-state index is 12.3. The molecular formula is C15H21NO3S. The molecule has 110 valence electrons. The Labute approximate surface area is 123 Å². The average Bonchev–Trinajstić information content (AvgIpc) is 2.76. The van der Waals surface area contributed by atoms with Gasteiger partial charge in [0, 0.05) is 23.1 Å². The molecule has 4 nitrogen and oxygen atoms in total. The number of aromatic carboxylic acids is 1. The summed E-state index contributed by atoms with van der Waals surface area (Å²) in [6.07, 6.45) is 3.16. The Morgan fingerprint density at radius 2 is 2.15 bits per heavy atom. The van der Waals surface area contributed by atoms with Crippen molar-refractivity contribution in [3.8, 4) is 0 Å². The summed E-state index contributed by atoms with van der Waals surface area (Å²) < 4.78 is 1.72. The molecule has 0 bridgehead atoms. The molecule has 1 saturated carbocycles. The van der Waals surface area contributed by atoms with E-state index < -0.39 is 5.97 Å². The summed E-state index contributed by atoms with van der Waals surface area (Å²) in [7, 11) is 0. The predicted octanol–water partition coefficient (Wildman–Crippen LogP) is 3.01. The zero-order valence-corrected chi connectivity index (χ0v) is 13.0. The normalized spacial score (nSPS) is 22.1. The van der Waals surface area contributed by atoms with E-state index in [0.29, 0.717) is 16.5 Å². The first-order valence-corrected chi connectivity index (χ1v) is 8.09. The zero-order valence-electron chi connectivity index (χ0n) is 12.2. The van der Waals surface area contributed by atoms with Crippen molar-refractivity contribution < 1.29 is 9.90 Å². The van der Waals surface area contributed by atoms with Crippen molar-refractivity contribution in [3.05, 3.63) is 33.2 Å². The van der Waals surface area contributed by atoms with E-state index in [9.17, 15) is 14.7 Å². The molecule has 20 heavy (non-hydrogen) atoms. The minimum Gasteiger partial charge on any atom is -0.478 e. The molecule has 1 aliphatic rings. The second-order valence-electron chi connectivity index (χ2n) is 5.29. The van der Waals surface area contributed by atoms with Gasteiger partial charge >= 0.3 is 5.97 Å². The molecule has 1 aromatic heterocycles. The number of thioether (sulfide) groups is 1. The quantitative estimate of drug-likeness (QED) is 0.927. The number of aromatic nitrogens is 1. The van der Waals surface area contributed by atoms with Gasteiger partial charge in [-0.3, -0.25) is 4.79 Å². The molecule has 1 aliphatic carbocycles. The zero-order chi connectivity index (χ0) is 14.9. The number of carboxylic acids is 1. The Kier molecular flexibility index (Phi) is 4.58. The summed E-state index contributed by atoms with van der Waals surface area (Å²) in [6.45, 7) is 5.56. The molecule has 0 aliphatic heterocycles. The SMILES string of the molecule is CCSC1CCCC1n1c(C)c(C(=O)O)c(C)cc1=O. The first-order chi connectivity index (χ1) is 9.47. The highest BCUT2D eigenvalue weighted by molar-refractivity contribution is 7.99. The van der Waals surface area contributed by atoms with E-state index in [1.165, 1.54) is 6.07 Å². The van der Waals surface area contributed by atoms with Crippen molar-refractivity contribution >= 4 is 17.7 Å². The third-order valence-corrected chi connectivity index (χ3v) is 5.35. The maximum Gasteiger partial charge on any atom is 0.337 e. The van der Waals surface area contributed by atoms with Gasteiger partial charge < -0.3 is 9.67 Å². The Balaban J connectivity index is 2.54. The molecule has 0 spiro atoms. The highest BCUT2D eigenvalue weighted by atomic mass is 32.2. The molecular weight excluding hydrogens is 274 g/mol. The smallest absolute Gasteiger partial charge is 0.337 e. The van der Waals surface area contributed by atoms with Crippen molar-refractivity contribution in [2.24, 2.45) is 0 Å². The number of hydrogen-bond acceptors (Lipinski definition) is 3. The second-order valence-corrected chi connectivity index (χ2v) is 6.81.